The van der Waals surface area contributed by atoms with Crippen molar-refractivity contribution in [3.8, 4) is 0 Å². The molecule has 2 aromatic carbocycles. The molecule has 0 saturated heterocycles. The summed E-state index contributed by atoms with van der Waals surface area (Å²) >= 11 is 1.35. The lowest BCUT2D eigenvalue weighted by molar-refractivity contribution is -0.130. The number of hydrogen-bond acceptors (Lipinski definition) is 6. The van der Waals surface area contributed by atoms with Crippen LogP contribution in [0, 0.1) is 17.5 Å². The second-order valence-electron chi connectivity index (χ2n) is 6.07. The highest BCUT2D eigenvalue weighted by molar-refractivity contribution is 7.16. The van der Waals surface area contributed by atoms with Crippen LogP contribution in [0.15, 0.2) is 35.8 Å². The van der Waals surface area contributed by atoms with Crippen molar-refractivity contribution in [1.82, 2.24) is 10.3 Å². The molecule has 11 heteroatoms. The van der Waals surface area contributed by atoms with Gasteiger partial charge in [0.2, 0.25) is 5.91 Å². The second kappa shape index (κ2) is 8.91. The summed E-state index contributed by atoms with van der Waals surface area (Å²) in [7, 11) is 0. The van der Waals surface area contributed by atoms with E-state index in [0.717, 1.165) is 16.3 Å². The number of nitrogens with one attached hydrogen (secondary N) is 2. The molecule has 0 aliphatic heterocycles. The van der Waals surface area contributed by atoms with Crippen LogP contribution in [0.25, 0.3) is 10.2 Å². The lowest BCUT2D eigenvalue weighted by Gasteiger charge is -2.14. The number of aromatic nitrogens is 1. The van der Waals surface area contributed by atoms with E-state index >= 15 is 0 Å². The first-order valence-electron chi connectivity index (χ1n) is 8.51. The molecule has 0 aliphatic carbocycles. The van der Waals surface area contributed by atoms with Crippen LogP contribution < -0.4 is 10.6 Å². The van der Waals surface area contributed by atoms with Crippen molar-refractivity contribution >= 4 is 45.0 Å². The van der Waals surface area contributed by atoms with Gasteiger partial charge in [-0.15, -0.1) is 11.3 Å². The van der Waals surface area contributed by atoms with Gasteiger partial charge < -0.3 is 15.4 Å². The van der Waals surface area contributed by atoms with Crippen LogP contribution in [0.3, 0.4) is 0 Å². The first-order chi connectivity index (χ1) is 14.3. The largest absolute Gasteiger partial charge is 0.449 e. The fraction of sp³-hybridized carbons (Fsp3) is 0.158. The van der Waals surface area contributed by atoms with Gasteiger partial charge in [-0.1, -0.05) is 0 Å². The Bertz CT molecular complexity index is 1140. The highest BCUT2D eigenvalue weighted by Crippen LogP contribution is 2.20. The summed E-state index contributed by atoms with van der Waals surface area (Å²) in [6.45, 7) is 0.706. The van der Waals surface area contributed by atoms with Crippen LogP contribution in [0.5, 0.6) is 0 Å². The van der Waals surface area contributed by atoms with Crippen molar-refractivity contribution in [2.75, 3.05) is 11.9 Å². The Morgan fingerprint density at radius 1 is 1.13 bits per heavy atom. The molecule has 3 rings (SSSR count). The van der Waals surface area contributed by atoms with E-state index < -0.39 is 53.6 Å². The monoisotopic (exact) mass is 437 g/mol. The van der Waals surface area contributed by atoms with E-state index in [4.69, 9.17) is 4.74 Å². The summed E-state index contributed by atoms with van der Waals surface area (Å²) in [5.74, 6) is -7.08. The van der Waals surface area contributed by atoms with Gasteiger partial charge in [-0.25, -0.2) is 22.9 Å². The minimum Gasteiger partial charge on any atom is -0.449 e. The minimum absolute atomic E-state index is 0.234. The highest BCUT2D eigenvalue weighted by Gasteiger charge is 2.21. The predicted molar refractivity (Wildman–Crippen MR) is 102 cm³/mol. The van der Waals surface area contributed by atoms with Crippen molar-refractivity contribution in [1.29, 1.82) is 0 Å². The first-order valence-corrected chi connectivity index (χ1v) is 9.39. The number of amides is 2. The zero-order chi connectivity index (χ0) is 21.8. The topological polar surface area (TPSA) is 97.4 Å². The number of fused-ring (bicyclic) bond motifs is 1. The maximum absolute atomic E-state index is 13.6. The van der Waals surface area contributed by atoms with E-state index in [0.29, 0.717) is 6.07 Å². The number of esters is 1. The number of carbonyl (C=O) groups excluding carboxylic acids is 3. The minimum atomic E-state index is -1.73. The lowest BCUT2D eigenvalue weighted by Crippen LogP contribution is -2.40. The quantitative estimate of drug-likeness (QED) is 0.457. The van der Waals surface area contributed by atoms with E-state index in [9.17, 15) is 27.6 Å². The molecule has 0 fully saturated rings. The Labute approximate surface area is 171 Å². The van der Waals surface area contributed by atoms with Gasteiger partial charge in [0.05, 0.1) is 33.5 Å². The molecule has 0 aliphatic rings. The number of thiazole rings is 1. The average molecular weight is 437 g/mol. The molecular formula is C19H14F3N3O4S. The Morgan fingerprint density at radius 3 is 2.67 bits per heavy atom. The van der Waals surface area contributed by atoms with Gasteiger partial charge in [0.1, 0.15) is 0 Å². The third kappa shape index (κ3) is 4.74. The van der Waals surface area contributed by atoms with Gasteiger partial charge in [0.25, 0.3) is 5.91 Å². The number of halogens is 3. The van der Waals surface area contributed by atoms with Gasteiger partial charge in [0, 0.05) is 0 Å². The van der Waals surface area contributed by atoms with Crippen LogP contribution in [-0.4, -0.2) is 35.4 Å². The van der Waals surface area contributed by atoms with E-state index in [1.54, 1.807) is 17.6 Å². The van der Waals surface area contributed by atoms with E-state index in [1.165, 1.54) is 24.3 Å². The zero-order valence-corrected chi connectivity index (χ0v) is 16.2. The average Bonchev–Trinajstić information content (AvgIpc) is 3.20. The molecule has 1 unspecified atom stereocenters. The molecule has 0 radical (unpaired) electrons. The summed E-state index contributed by atoms with van der Waals surface area (Å²) in [6.07, 6.45) is -1.22. The zero-order valence-electron chi connectivity index (χ0n) is 15.4. The number of benzene rings is 2. The third-order valence-electron chi connectivity index (χ3n) is 3.95. The smallest absolute Gasteiger partial charge is 0.338 e. The van der Waals surface area contributed by atoms with Crippen LogP contribution in [0.2, 0.25) is 0 Å². The number of hydrogen-bond donors (Lipinski definition) is 2. The normalized spacial score (nSPS) is 11.7. The fourth-order valence-corrected chi connectivity index (χ4v) is 3.11. The number of rotatable bonds is 6. The summed E-state index contributed by atoms with van der Waals surface area (Å²) in [4.78, 5) is 40.1. The number of nitrogens with zero attached hydrogens (tertiary/aromatic N) is 1. The molecular weight excluding hydrogens is 423 g/mol. The van der Waals surface area contributed by atoms with Gasteiger partial charge in [-0.05, 0) is 37.3 Å². The molecule has 0 saturated carbocycles. The molecule has 0 spiro atoms. The van der Waals surface area contributed by atoms with Crippen molar-refractivity contribution in [2.24, 2.45) is 0 Å². The summed E-state index contributed by atoms with van der Waals surface area (Å²) in [6, 6.07) is 6.24. The molecule has 30 heavy (non-hydrogen) atoms. The highest BCUT2D eigenvalue weighted by atomic mass is 32.1. The first kappa shape index (κ1) is 21.2. The molecule has 1 atom stereocenters. The van der Waals surface area contributed by atoms with Crippen molar-refractivity contribution in [3.05, 3.63) is 58.9 Å². The van der Waals surface area contributed by atoms with Crippen molar-refractivity contribution in [2.45, 2.75) is 13.0 Å². The Hall–Kier alpha value is -3.47. The number of carbonyl (C=O) groups is 3. The lowest BCUT2D eigenvalue weighted by atomic mass is 10.2. The van der Waals surface area contributed by atoms with Crippen molar-refractivity contribution in [3.63, 3.8) is 0 Å². The third-order valence-corrected chi connectivity index (χ3v) is 4.74. The van der Waals surface area contributed by atoms with E-state index in [2.05, 4.69) is 10.3 Å². The summed E-state index contributed by atoms with van der Waals surface area (Å²) in [5.41, 5.74) is 2.02. The van der Waals surface area contributed by atoms with Gasteiger partial charge in [-0.3, -0.25) is 9.59 Å². The summed E-state index contributed by atoms with van der Waals surface area (Å²) in [5, 5.41) is 4.21. The molecule has 7 nitrogen and oxygen atoms in total. The predicted octanol–water partition coefficient (Wildman–Crippen LogP) is 3.01. The van der Waals surface area contributed by atoms with Crippen LogP contribution in [0.4, 0.5) is 18.9 Å². The Kier molecular flexibility index (Phi) is 6.31. The Morgan fingerprint density at radius 2 is 1.90 bits per heavy atom. The van der Waals surface area contributed by atoms with Gasteiger partial charge >= 0.3 is 5.97 Å². The molecule has 2 amide bonds. The molecule has 1 aromatic heterocycles. The molecule has 2 N–H and O–H groups in total. The molecule has 1 heterocycles. The molecule has 3 aromatic rings. The van der Waals surface area contributed by atoms with E-state index in [1.807, 2.05) is 5.32 Å². The standard InChI is InChI=1S/C19H14F3N3O4S/c1-9(29-19(28)10-2-4-12-14(6-10)30-8-24-12)18(27)23-7-15(26)25-13-5-3-11(20)16(21)17(13)22/h2-6,8-9H,7H2,1H3,(H,23,27)(H,25,26). The molecule has 0 bridgehead atoms. The van der Waals surface area contributed by atoms with E-state index in [-0.39, 0.29) is 5.56 Å². The number of anilines is 1. The second-order valence-corrected chi connectivity index (χ2v) is 6.96. The maximum atomic E-state index is 13.6. The number of ether oxygens (including phenoxy) is 1. The van der Waals surface area contributed by atoms with Crippen molar-refractivity contribution < 1.29 is 32.3 Å². The Balaban J connectivity index is 1.52. The van der Waals surface area contributed by atoms with Crippen LogP contribution in [0.1, 0.15) is 17.3 Å². The van der Waals surface area contributed by atoms with Crippen LogP contribution >= 0.6 is 11.3 Å². The molecule has 156 valence electrons. The van der Waals surface area contributed by atoms with Gasteiger partial charge in [-0.2, -0.15) is 0 Å². The van der Waals surface area contributed by atoms with Crippen LogP contribution in [-0.2, 0) is 14.3 Å². The van der Waals surface area contributed by atoms with Gasteiger partial charge in [0.15, 0.2) is 23.6 Å². The maximum Gasteiger partial charge on any atom is 0.338 e. The SMILES string of the molecule is CC(OC(=O)c1ccc2ncsc2c1)C(=O)NCC(=O)Nc1ccc(F)c(F)c1F. The fourth-order valence-electron chi connectivity index (χ4n) is 2.39. The summed E-state index contributed by atoms with van der Waals surface area (Å²) < 4.78 is 45.5.